The number of carbonyl (C=O) groups is 1. The molecule has 164 valence electrons. The number of aryl methyl sites for hydroxylation is 2. The number of carboxylic acid groups (broad SMARTS) is 1. The van der Waals surface area contributed by atoms with Gasteiger partial charge in [0.1, 0.15) is 11.5 Å². The number of aliphatic carboxylic acids is 1. The molecule has 0 aliphatic heterocycles. The number of hydrogen-bond donors (Lipinski definition) is 1. The number of alkyl halides is 3. The number of thioether (sulfide) groups is 1. The number of aromatic nitrogens is 1. The first kappa shape index (κ1) is 22.7. The molecule has 1 heterocycles. The Balaban J connectivity index is 1.74. The Bertz CT molecular complexity index is 1080. The van der Waals surface area contributed by atoms with Crippen molar-refractivity contribution in [1.29, 1.82) is 0 Å². The minimum absolute atomic E-state index is 0.110. The lowest BCUT2D eigenvalue weighted by atomic mass is 10.1. The molecular weight excluding hydrogens is 431 g/mol. The molecular formula is C22H20F3NO4S. The maximum absolute atomic E-state index is 12.8. The van der Waals surface area contributed by atoms with Gasteiger partial charge in [0.15, 0.2) is 6.61 Å². The summed E-state index contributed by atoms with van der Waals surface area (Å²) in [7, 11) is 0. The van der Waals surface area contributed by atoms with Crippen LogP contribution in [0, 0.1) is 13.8 Å². The summed E-state index contributed by atoms with van der Waals surface area (Å²) < 4.78 is 49.4. The molecule has 3 rings (SSSR count). The molecule has 1 atom stereocenters. The van der Waals surface area contributed by atoms with Gasteiger partial charge in [0.2, 0.25) is 5.89 Å². The first-order valence-corrected chi connectivity index (χ1v) is 10.2. The van der Waals surface area contributed by atoms with Crippen molar-refractivity contribution >= 4 is 17.7 Å². The van der Waals surface area contributed by atoms with Crippen LogP contribution in [0.4, 0.5) is 13.2 Å². The second-order valence-corrected chi connectivity index (χ2v) is 8.33. The number of halogens is 3. The van der Waals surface area contributed by atoms with Crippen molar-refractivity contribution in [2.24, 2.45) is 0 Å². The van der Waals surface area contributed by atoms with E-state index in [2.05, 4.69) is 4.98 Å². The van der Waals surface area contributed by atoms with Gasteiger partial charge in [-0.25, -0.2) is 9.78 Å². The molecule has 0 bridgehead atoms. The van der Waals surface area contributed by atoms with Crippen LogP contribution >= 0.6 is 11.8 Å². The Labute approximate surface area is 181 Å². The molecule has 0 aliphatic rings. The highest BCUT2D eigenvalue weighted by atomic mass is 32.2. The largest absolute Gasteiger partial charge is 0.482 e. The third-order valence-corrected chi connectivity index (χ3v) is 5.57. The highest BCUT2D eigenvalue weighted by molar-refractivity contribution is 7.99. The molecule has 0 radical (unpaired) electrons. The van der Waals surface area contributed by atoms with Crippen molar-refractivity contribution in [3.8, 4) is 17.2 Å². The first-order valence-electron chi connectivity index (χ1n) is 9.31. The lowest BCUT2D eigenvalue weighted by Crippen LogP contribution is -2.10. The molecule has 0 fully saturated rings. The number of oxazole rings is 1. The number of hydrogen-bond acceptors (Lipinski definition) is 5. The van der Waals surface area contributed by atoms with Crippen LogP contribution < -0.4 is 4.74 Å². The second kappa shape index (κ2) is 9.05. The van der Waals surface area contributed by atoms with Crippen LogP contribution in [0.2, 0.25) is 0 Å². The summed E-state index contributed by atoms with van der Waals surface area (Å²) in [4.78, 5) is 16.0. The second-order valence-electron chi connectivity index (χ2n) is 6.91. The van der Waals surface area contributed by atoms with E-state index in [0.29, 0.717) is 22.8 Å². The van der Waals surface area contributed by atoms with E-state index in [1.807, 2.05) is 26.0 Å². The van der Waals surface area contributed by atoms with Crippen molar-refractivity contribution in [3.63, 3.8) is 0 Å². The van der Waals surface area contributed by atoms with Gasteiger partial charge in [-0.05, 0) is 68.8 Å². The number of benzene rings is 2. The Morgan fingerprint density at radius 3 is 2.45 bits per heavy atom. The van der Waals surface area contributed by atoms with Crippen molar-refractivity contribution in [1.82, 2.24) is 4.98 Å². The maximum Gasteiger partial charge on any atom is 0.416 e. The summed E-state index contributed by atoms with van der Waals surface area (Å²) in [5, 5.41) is 8.62. The molecule has 1 N–H and O–H groups in total. The van der Waals surface area contributed by atoms with Crippen molar-refractivity contribution in [2.45, 2.75) is 37.1 Å². The lowest BCUT2D eigenvalue weighted by molar-refractivity contribution is -0.139. The SMILES string of the molecule is Cc1cc(SC(C)c2oc(-c3ccc(C(F)(F)F)cc3)nc2C)ccc1OCC(=O)O. The zero-order valence-corrected chi connectivity index (χ0v) is 17.8. The van der Waals surface area contributed by atoms with Gasteiger partial charge in [-0.1, -0.05) is 0 Å². The van der Waals surface area contributed by atoms with E-state index >= 15 is 0 Å². The third-order valence-electron chi connectivity index (χ3n) is 4.47. The van der Waals surface area contributed by atoms with E-state index < -0.39 is 24.3 Å². The van der Waals surface area contributed by atoms with Gasteiger partial charge in [0.25, 0.3) is 0 Å². The van der Waals surface area contributed by atoms with Gasteiger partial charge in [-0.3, -0.25) is 0 Å². The number of carboxylic acids is 1. The fraction of sp³-hybridized carbons (Fsp3) is 0.273. The molecule has 2 aromatic carbocycles. The van der Waals surface area contributed by atoms with Crippen LogP contribution in [0.25, 0.3) is 11.5 Å². The van der Waals surface area contributed by atoms with Crippen LogP contribution in [0.3, 0.4) is 0 Å². The smallest absolute Gasteiger partial charge is 0.416 e. The molecule has 0 saturated heterocycles. The topological polar surface area (TPSA) is 72.6 Å². The number of nitrogens with zero attached hydrogens (tertiary/aromatic N) is 1. The quantitative estimate of drug-likeness (QED) is 0.426. The average molecular weight is 451 g/mol. The Kier molecular flexibility index (Phi) is 6.64. The molecule has 5 nitrogen and oxygen atoms in total. The molecule has 0 amide bonds. The molecule has 0 aliphatic carbocycles. The fourth-order valence-corrected chi connectivity index (χ4v) is 4.09. The van der Waals surface area contributed by atoms with E-state index in [1.165, 1.54) is 23.9 Å². The first-order chi connectivity index (χ1) is 14.5. The van der Waals surface area contributed by atoms with Crippen LogP contribution in [0.5, 0.6) is 5.75 Å². The zero-order valence-electron chi connectivity index (χ0n) is 17.0. The van der Waals surface area contributed by atoms with Crippen molar-refractivity contribution < 1.29 is 32.2 Å². The zero-order chi connectivity index (χ0) is 22.8. The average Bonchev–Trinajstić information content (AvgIpc) is 3.08. The Morgan fingerprint density at radius 2 is 1.87 bits per heavy atom. The number of rotatable bonds is 7. The molecule has 1 aromatic heterocycles. The highest BCUT2D eigenvalue weighted by Gasteiger charge is 2.30. The van der Waals surface area contributed by atoms with Gasteiger partial charge >= 0.3 is 12.1 Å². The summed E-state index contributed by atoms with van der Waals surface area (Å²) in [5.74, 6) is 0.349. The summed E-state index contributed by atoms with van der Waals surface area (Å²) in [6, 6.07) is 10.1. The van der Waals surface area contributed by atoms with Crippen molar-refractivity contribution in [2.75, 3.05) is 6.61 Å². The van der Waals surface area contributed by atoms with E-state index in [9.17, 15) is 18.0 Å². The van der Waals surface area contributed by atoms with Crippen LogP contribution in [0.15, 0.2) is 51.8 Å². The molecule has 0 saturated carbocycles. The molecule has 1 unspecified atom stereocenters. The highest BCUT2D eigenvalue weighted by Crippen LogP contribution is 2.39. The summed E-state index contributed by atoms with van der Waals surface area (Å²) in [6.07, 6.45) is -4.40. The molecule has 9 heteroatoms. The molecule has 0 spiro atoms. The molecule has 31 heavy (non-hydrogen) atoms. The van der Waals surface area contributed by atoms with Crippen LogP contribution in [0.1, 0.15) is 34.8 Å². The fourth-order valence-electron chi connectivity index (χ4n) is 2.96. The summed E-state index contributed by atoms with van der Waals surface area (Å²) >= 11 is 1.52. The van der Waals surface area contributed by atoms with Gasteiger partial charge < -0.3 is 14.3 Å². The van der Waals surface area contributed by atoms with Gasteiger partial charge in [-0.15, -0.1) is 11.8 Å². The van der Waals surface area contributed by atoms with Crippen LogP contribution in [-0.2, 0) is 11.0 Å². The Morgan fingerprint density at radius 1 is 1.19 bits per heavy atom. The Hall–Kier alpha value is -2.94. The third kappa shape index (κ3) is 5.61. The predicted molar refractivity (Wildman–Crippen MR) is 110 cm³/mol. The number of ether oxygens (including phenoxy) is 1. The van der Waals surface area contributed by atoms with E-state index in [0.717, 1.165) is 22.6 Å². The van der Waals surface area contributed by atoms with Crippen LogP contribution in [-0.4, -0.2) is 22.7 Å². The minimum atomic E-state index is -4.40. The standard InChI is InChI=1S/C22H20F3NO4S/c1-12-10-17(8-9-18(12)29-11-19(27)28)31-14(3)20-13(2)26-21(30-20)15-4-6-16(7-5-15)22(23,24)25/h4-10,14H,11H2,1-3H3,(H,27,28). The van der Waals surface area contributed by atoms with Crippen molar-refractivity contribution in [3.05, 3.63) is 65.0 Å². The molecule has 3 aromatic rings. The van der Waals surface area contributed by atoms with Gasteiger partial charge in [0, 0.05) is 10.5 Å². The predicted octanol–water partition coefficient (Wildman–Crippen LogP) is 6.29. The van der Waals surface area contributed by atoms with E-state index in [-0.39, 0.29) is 11.1 Å². The lowest BCUT2D eigenvalue weighted by Gasteiger charge is -2.12. The minimum Gasteiger partial charge on any atom is -0.482 e. The monoisotopic (exact) mass is 451 g/mol. The van der Waals surface area contributed by atoms with E-state index in [1.54, 1.807) is 13.0 Å². The maximum atomic E-state index is 12.8. The van der Waals surface area contributed by atoms with Gasteiger partial charge in [-0.2, -0.15) is 13.2 Å². The summed E-state index contributed by atoms with van der Waals surface area (Å²) in [6.45, 7) is 5.15. The normalized spacial score (nSPS) is 12.6. The van der Waals surface area contributed by atoms with Gasteiger partial charge in [0.05, 0.1) is 16.5 Å². The summed E-state index contributed by atoms with van der Waals surface area (Å²) in [5.41, 5.74) is 1.20. The van der Waals surface area contributed by atoms with E-state index in [4.69, 9.17) is 14.3 Å².